The van der Waals surface area contributed by atoms with Crippen LogP contribution in [0.1, 0.15) is 24.8 Å². The molecular weight excluding hydrogens is 232 g/mol. The van der Waals surface area contributed by atoms with Crippen LogP contribution in [0.25, 0.3) is 0 Å². The van der Waals surface area contributed by atoms with Crippen molar-refractivity contribution in [1.29, 1.82) is 0 Å². The molecule has 18 heavy (non-hydrogen) atoms. The molecule has 1 rings (SSSR count). The fraction of sp³-hybridized carbons (Fsp3) is 0.357. The summed E-state index contributed by atoms with van der Waals surface area (Å²) < 4.78 is 9.87. The van der Waals surface area contributed by atoms with Crippen LogP contribution in [0.2, 0.25) is 0 Å². The number of hydrogen-bond acceptors (Lipinski definition) is 4. The maximum Gasteiger partial charge on any atom is 0.306 e. The van der Waals surface area contributed by atoms with Crippen LogP contribution in [-0.2, 0) is 20.9 Å². The van der Waals surface area contributed by atoms with Crippen LogP contribution in [0.15, 0.2) is 42.7 Å². The van der Waals surface area contributed by atoms with Gasteiger partial charge in [-0.3, -0.25) is 4.79 Å². The Morgan fingerprint density at radius 2 is 1.89 bits per heavy atom. The second-order valence-corrected chi connectivity index (χ2v) is 3.81. The van der Waals surface area contributed by atoms with E-state index in [4.69, 9.17) is 14.6 Å². The maximum absolute atomic E-state index is 11.4. The summed E-state index contributed by atoms with van der Waals surface area (Å²) in [5.74, 6) is 0.240. The molecule has 4 nitrogen and oxygen atoms in total. The Morgan fingerprint density at radius 3 is 2.56 bits per heavy atom. The molecule has 0 amide bonds. The number of carbonyl (C=O) groups excluding carboxylic acids is 1. The lowest BCUT2D eigenvalue weighted by molar-refractivity contribution is -0.145. The van der Waals surface area contributed by atoms with Crippen LogP contribution in [0.5, 0.6) is 0 Å². The Bertz CT molecular complexity index is 373. The highest BCUT2D eigenvalue weighted by molar-refractivity contribution is 5.69. The number of rotatable bonds is 8. The van der Waals surface area contributed by atoms with Gasteiger partial charge in [0.2, 0.25) is 0 Å². The largest absolute Gasteiger partial charge is 0.473 e. The van der Waals surface area contributed by atoms with E-state index in [0.29, 0.717) is 31.6 Å². The SMILES string of the molecule is C=C(CCCC(=O)OCc1ccccc1)OCO. The van der Waals surface area contributed by atoms with Crippen molar-refractivity contribution in [3.8, 4) is 0 Å². The Balaban J connectivity index is 2.13. The third kappa shape index (κ3) is 6.06. The lowest BCUT2D eigenvalue weighted by atomic mass is 10.2. The molecule has 0 aliphatic rings. The molecule has 1 N–H and O–H groups in total. The molecule has 0 radical (unpaired) electrons. The smallest absolute Gasteiger partial charge is 0.306 e. The van der Waals surface area contributed by atoms with Crippen LogP contribution in [0.4, 0.5) is 0 Å². The highest BCUT2D eigenvalue weighted by atomic mass is 16.6. The molecule has 0 bridgehead atoms. The van der Waals surface area contributed by atoms with Crippen LogP contribution in [0, 0.1) is 0 Å². The minimum absolute atomic E-state index is 0.240. The van der Waals surface area contributed by atoms with Crippen LogP contribution in [0.3, 0.4) is 0 Å². The summed E-state index contributed by atoms with van der Waals surface area (Å²) in [5, 5.41) is 8.48. The van der Waals surface area contributed by atoms with E-state index in [9.17, 15) is 4.79 Å². The molecule has 0 heterocycles. The zero-order valence-corrected chi connectivity index (χ0v) is 10.3. The third-order valence-corrected chi connectivity index (χ3v) is 2.35. The van der Waals surface area contributed by atoms with Gasteiger partial charge in [0.05, 0.1) is 5.76 Å². The number of esters is 1. The van der Waals surface area contributed by atoms with Crippen LogP contribution >= 0.6 is 0 Å². The van der Waals surface area contributed by atoms with E-state index >= 15 is 0 Å². The number of allylic oxidation sites excluding steroid dienone is 1. The van der Waals surface area contributed by atoms with Crippen molar-refractivity contribution in [1.82, 2.24) is 0 Å². The average molecular weight is 250 g/mol. The van der Waals surface area contributed by atoms with E-state index in [-0.39, 0.29) is 12.8 Å². The zero-order valence-electron chi connectivity index (χ0n) is 10.3. The second-order valence-electron chi connectivity index (χ2n) is 3.81. The molecule has 98 valence electrons. The molecule has 4 heteroatoms. The van der Waals surface area contributed by atoms with Gasteiger partial charge in [0.1, 0.15) is 6.61 Å². The molecule has 1 aromatic rings. The van der Waals surface area contributed by atoms with Gasteiger partial charge in [0.15, 0.2) is 6.79 Å². The first-order valence-corrected chi connectivity index (χ1v) is 5.83. The van der Waals surface area contributed by atoms with E-state index in [1.807, 2.05) is 30.3 Å². The monoisotopic (exact) mass is 250 g/mol. The first-order valence-electron chi connectivity index (χ1n) is 5.83. The van der Waals surface area contributed by atoms with Gasteiger partial charge in [-0.2, -0.15) is 0 Å². The Hall–Kier alpha value is -1.81. The quantitative estimate of drug-likeness (QED) is 0.437. The topological polar surface area (TPSA) is 55.8 Å². The number of hydrogen-bond donors (Lipinski definition) is 1. The number of benzene rings is 1. The molecule has 0 fully saturated rings. The van der Waals surface area contributed by atoms with E-state index in [0.717, 1.165) is 5.56 Å². The van der Waals surface area contributed by atoms with Crippen molar-refractivity contribution in [2.45, 2.75) is 25.9 Å². The first-order chi connectivity index (χ1) is 8.72. The van der Waals surface area contributed by atoms with Gasteiger partial charge < -0.3 is 14.6 Å². The van der Waals surface area contributed by atoms with Gasteiger partial charge >= 0.3 is 5.97 Å². The molecule has 0 atom stereocenters. The molecule has 0 aliphatic heterocycles. The van der Waals surface area contributed by atoms with Crippen molar-refractivity contribution in [2.24, 2.45) is 0 Å². The molecule has 0 spiro atoms. The summed E-state index contributed by atoms with van der Waals surface area (Å²) >= 11 is 0. The predicted molar refractivity (Wildman–Crippen MR) is 67.4 cm³/mol. The van der Waals surface area contributed by atoms with Gasteiger partial charge in [-0.05, 0) is 12.0 Å². The van der Waals surface area contributed by atoms with Crippen LogP contribution in [-0.4, -0.2) is 17.9 Å². The Kier molecular flexibility index (Phi) is 6.58. The number of carbonyl (C=O) groups is 1. The van der Waals surface area contributed by atoms with E-state index in [1.54, 1.807) is 0 Å². The summed E-state index contributed by atoms with van der Waals surface area (Å²) in [7, 11) is 0. The van der Waals surface area contributed by atoms with E-state index < -0.39 is 0 Å². The van der Waals surface area contributed by atoms with Gasteiger partial charge in [-0.25, -0.2) is 0 Å². The number of ether oxygens (including phenoxy) is 2. The van der Waals surface area contributed by atoms with Crippen molar-refractivity contribution in [3.63, 3.8) is 0 Å². The lowest BCUT2D eigenvalue weighted by Gasteiger charge is -2.06. The summed E-state index contributed by atoms with van der Waals surface area (Å²) in [5.41, 5.74) is 0.971. The van der Waals surface area contributed by atoms with Crippen LogP contribution < -0.4 is 0 Å². The Labute approximate surface area is 107 Å². The average Bonchev–Trinajstić information content (AvgIpc) is 2.38. The van der Waals surface area contributed by atoms with Gasteiger partial charge in [-0.15, -0.1) is 0 Å². The van der Waals surface area contributed by atoms with Crippen molar-refractivity contribution in [3.05, 3.63) is 48.2 Å². The standard InChI is InChI=1S/C14H18O4/c1-12(18-11-15)6-5-9-14(16)17-10-13-7-3-2-4-8-13/h2-4,7-8,15H,1,5-6,9-11H2. The summed E-state index contributed by atoms with van der Waals surface area (Å²) in [4.78, 5) is 11.4. The highest BCUT2D eigenvalue weighted by Crippen LogP contribution is 2.08. The number of aliphatic hydroxyl groups excluding tert-OH is 1. The second kappa shape index (κ2) is 8.31. The zero-order chi connectivity index (χ0) is 13.2. The summed E-state index contributed by atoms with van der Waals surface area (Å²) in [6, 6.07) is 9.53. The number of aliphatic hydroxyl groups is 1. The van der Waals surface area contributed by atoms with Gasteiger partial charge in [-0.1, -0.05) is 36.9 Å². The van der Waals surface area contributed by atoms with Gasteiger partial charge in [0.25, 0.3) is 0 Å². The maximum atomic E-state index is 11.4. The first kappa shape index (κ1) is 14.3. The molecule has 0 unspecified atom stereocenters. The van der Waals surface area contributed by atoms with Crippen molar-refractivity contribution < 1.29 is 19.4 Å². The molecular formula is C14H18O4. The summed E-state index contributed by atoms with van der Waals surface area (Å²) in [6.07, 6.45) is 1.47. The van der Waals surface area contributed by atoms with Gasteiger partial charge in [0, 0.05) is 12.8 Å². The normalized spacial score (nSPS) is 9.83. The molecule has 0 aliphatic carbocycles. The lowest BCUT2D eigenvalue weighted by Crippen LogP contribution is -2.04. The van der Waals surface area contributed by atoms with Crippen molar-refractivity contribution in [2.75, 3.05) is 6.79 Å². The van der Waals surface area contributed by atoms with Crippen molar-refractivity contribution >= 4 is 5.97 Å². The highest BCUT2D eigenvalue weighted by Gasteiger charge is 2.04. The molecule has 0 saturated heterocycles. The minimum atomic E-state index is -0.378. The fourth-order valence-corrected chi connectivity index (χ4v) is 1.40. The molecule has 1 aromatic carbocycles. The predicted octanol–water partition coefficient (Wildman–Crippen LogP) is 2.38. The molecule has 0 saturated carbocycles. The fourth-order valence-electron chi connectivity index (χ4n) is 1.40. The van der Waals surface area contributed by atoms with E-state index in [1.165, 1.54) is 0 Å². The third-order valence-electron chi connectivity index (χ3n) is 2.35. The van der Waals surface area contributed by atoms with E-state index in [2.05, 4.69) is 6.58 Å². The molecule has 0 aromatic heterocycles. The minimum Gasteiger partial charge on any atom is -0.473 e. The summed E-state index contributed by atoms with van der Waals surface area (Å²) in [6.45, 7) is 3.52. The Morgan fingerprint density at radius 1 is 1.17 bits per heavy atom.